The molecule has 1 atom stereocenters. The Bertz CT molecular complexity index is 626. The molecule has 2 heterocycles. The fraction of sp³-hybridized carbons (Fsp3) is 0.333. The second kappa shape index (κ2) is 5.80. The molecule has 1 aromatic carbocycles. The second-order valence-corrected chi connectivity index (χ2v) is 6.09. The smallest absolute Gasteiger partial charge is 0.139 e. The van der Waals surface area contributed by atoms with E-state index in [4.69, 9.17) is 20.8 Å². The minimum absolute atomic E-state index is 0.0377. The van der Waals surface area contributed by atoms with E-state index in [1.807, 2.05) is 25.1 Å². The normalized spacial score (nSPS) is 18.4. The minimum Gasteiger partial charge on any atom is -0.484 e. The molecule has 1 aliphatic heterocycles. The van der Waals surface area contributed by atoms with Crippen molar-refractivity contribution in [2.24, 2.45) is 0 Å². The zero-order valence-corrected chi connectivity index (χ0v) is 13.4. The molecule has 1 unspecified atom stereocenters. The number of fused-ring (bicyclic) bond motifs is 1. The second-order valence-electron chi connectivity index (χ2n) is 4.86. The SMILES string of the molecule is Cc1cc2c(o1)CNCCC2Oc1cccc(Br)c1Cl. The van der Waals surface area contributed by atoms with Crippen LogP contribution in [0.1, 0.15) is 29.6 Å². The highest BCUT2D eigenvalue weighted by Gasteiger charge is 2.24. The van der Waals surface area contributed by atoms with Gasteiger partial charge in [0.1, 0.15) is 23.4 Å². The fourth-order valence-electron chi connectivity index (χ4n) is 2.43. The lowest BCUT2D eigenvalue weighted by Gasteiger charge is -2.18. The number of benzene rings is 1. The predicted octanol–water partition coefficient (Wildman–Crippen LogP) is 4.62. The number of hydrogen-bond acceptors (Lipinski definition) is 3. The van der Waals surface area contributed by atoms with Gasteiger partial charge in [0.25, 0.3) is 0 Å². The van der Waals surface area contributed by atoms with Crippen LogP contribution in [0.25, 0.3) is 0 Å². The van der Waals surface area contributed by atoms with Crippen molar-refractivity contribution in [2.75, 3.05) is 6.54 Å². The van der Waals surface area contributed by atoms with E-state index in [9.17, 15) is 0 Å². The highest BCUT2D eigenvalue weighted by atomic mass is 79.9. The topological polar surface area (TPSA) is 34.4 Å². The van der Waals surface area contributed by atoms with E-state index < -0.39 is 0 Å². The summed E-state index contributed by atoms with van der Waals surface area (Å²) >= 11 is 9.69. The van der Waals surface area contributed by atoms with Crippen LogP contribution in [0.3, 0.4) is 0 Å². The maximum atomic E-state index is 6.27. The van der Waals surface area contributed by atoms with E-state index in [1.165, 1.54) is 0 Å². The van der Waals surface area contributed by atoms with Gasteiger partial charge in [-0.05, 0) is 47.6 Å². The summed E-state index contributed by atoms with van der Waals surface area (Å²) in [5.41, 5.74) is 1.11. The molecule has 0 fully saturated rings. The maximum absolute atomic E-state index is 6.27. The van der Waals surface area contributed by atoms with Crippen LogP contribution in [-0.4, -0.2) is 6.54 Å². The van der Waals surface area contributed by atoms with Crippen LogP contribution in [-0.2, 0) is 6.54 Å². The zero-order valence-electron chi connectivity index (χ0n) is 11.1. The number of nitrogens with one attached hydrogen (secondary N) is 1. The Morgan fingerprint density at radius 3 is 3.15 bits per heavy atom. The Balaban J connectivity index is 1.92. The fourth-order valence-corrected chi connectivity index (χ4v) is 2.95. The summed E-state index contributed by atoms with van der Waals surface area (Å²) in [5.74, 6) is 2.56. The van der Waals surface area contributed by atoms with Crippen LogP contribution in [0.2, 0.25) is 5.02 Å². The van der Waals surface area contributed by atoms with E-state index in [1.54, 1.807) is 0 Å². The summed E-state index contributed by atoms with van der Waals surface area (Å²) in [6.45, 7) is 3.59. The van der Waals surface area contributed by atoms with Gasteiger partial charge in [-0.3, -0.25) is 0 Å². The van der Waals surface area contributed by atoms with Crippen molar-refractivity contribution >= 4 is 27.5 Å². The van der Waals surface area contributed by atoms with Crippen LogP contribution in [0.5, 0.6) is 5.75 Å². The molecule has 0 saturated heterocycles. The van der Waals surface area contributed by atoms with Gasteiger partial charge in [0.15, 0.2) is 0 Å². The zero-order chi connectivity index (χ0) is 14.1. The number of halogens is 2. The van der Waals surface area contributed by atoms with Crippen molar-refractivity contribution in [3.8, 4) is 5.75 Å². The summed E-state index contributed by atoms with van der Waals surface area (Å²) in [6, 6.07) is 7.76. The molecule has 0 amide bonds. The highest BCUT2D eigenvalue weighted by Crippen LogP contribution is 2.37. The van der Waals surface area contributed by atoms with Crippen molar-refractivity contribution in [2.45, 2.75) is 26.0 Å². The largest absolute Gasteiger partial charge is 0.484 e. The first-order valence-electron chi connectivity index (χ1n) is 6.55. The molecule has 20 heavy (non-hydrogen) atoms. The van der Waals surface area contributed by atoms with Crippen LogP contribution in [0.15, 0.2) is 33.2 Å². The van der Waals surface area contributed by atoms with Gasteiger partial charge in [-0.25, -0.2) is 0 Å². The minimum atomic E-state index is -0.0377. The molecule has 3 rings (SSSR count). The molecule has 5 heteroatoms. The summed E-state index contributed by atoms with van der Waals surface area (Å²) in [5, 5.41) is 3.95. The summed E-state index contributed by atoms with van der Waals surface area (Å²) in [4.78, 5) is 0. The first kappa shape index (κ1) is 14.0. The van der Waals surface area contributed by atoms with Crippen LogP contribution < -0.4 is 10.1 Å². The van der Waals surface area contributed by atoms with E-state index in [-0.39, 0.29) is 6.10 Å². The average Bonchev–Trinajstić information content (AvgIpc) is 2.70. The number of furan rings is 1. The monoisotopic (exact) mass is 355 g/mol. The van der Waals surface area contributed by atoms with Gasteiger partial charge >= 0.3 is 0 Å². The Hall–Kier alpha value is -0.970. The molecule has 3 nitrogen and oxygen atoms in total. The lowest BCUT2D eigenvalue weighted by atomic mass is 10.1. The van der Waals surface area contributed by atoms with Gasteiger partial charge in [-0.1, -0.05) is 17.7 Å². The number of rotatable bonds is 2. The lowest BCUT2D eigenvalue weighted by molar-refractivity contribution is 0.197. The van der Waals surface area contributed by atoms with Gasteiger partial charge in [0.05, 0.1) is 11.6 Å². The predicted molar refractivity (Wildman–Crippen MR) is 82.3 cm³/mol. The molecule has 1 N–H and O–H groups in total. The molecule has 0 aliphatic carbocycles. The third-order valence-corrected chi connectivity index (χ3v) is 4.65. The van der Waals surface area contributed by atoms with Crippen molar-refractivity contribution < 1.29 is 9.15 Å². The van der Waals surface area contributed by atoms with Crippen molar-refractivity contribution in [3.63, 3.8) is 0 Å². The third kappa shape index (κ3) is 2.73. The summed E-state index contributed by atoms with van der Waals surface area (Å²) in [7, 11) is 0. The van der Waals surface area contributed by atoms with E-state index in [0.29, 0.717) is 10.8 Å². The van der Waals surface area contributed by atoms with Crippen molar-refractivity contribution in [3.05, 3.63) is 50.8 Å². The highest BCUT2D eigenvalue weighted by molar-refractivity contribution is 9.10. The van der Waals surface area contributed by atoms with Gasteiger partial charge in [-0.15, -0.1) is 0 Å². The molecule has 1 aliphatic rings. The van der Waals surface area contributed by atoms with Crippen LogP contribution >= 0.6 is 27.5 Å². The van der Waals surface area contributed by atoms with Gasteiger partial charge in [0, 0.05) is 16.5 Å². The van der Waals surface area contributed by atoms with E-state index >= 15 is 0 Å². The number of ether oxygens (including phenoxy) is 1. The number of aryl methyl sites for hydroxylation is 1. The molecule has 0 bridgehead atoms. The molecule has 0 saturated carbocycles. The Labute approximate surface area is 131 Å². The molecule has 0 spiro atoms. The Kier molecular flexibility index (Phi) is 4.06. The molecule has 106 valence electrons. The first-order valence-corrected chi connectivity index (χ1v) is 7.73. The maximum Gasteiger partial charge on any atom is 0.139 e. The van der Waals surface area contributed by atoms with Crippen LogP contribution in [0, 0.1) is 6.92 Å². The van der Waals surface area contributed by atoms with E-state index in [0.717, 1.165) is 41.1 Å². The quantitative estimate of drug-likeness (QED) is 0.853. The summed E-state index contributed by atoms with van der Waals surface area (Å²) in [6.07, 6.45) is 0.846. The first-order chi connectivity index (χ1) is 9.65. The molecule has 1 aromatic heterocycles. The third-order valence-electron chi connectivity index (χ3n) is 3.37. The Morgan fingerprint density at radius 1 is 1.45 bits per heavy atom. The van der Waals surface area contributed by atoms with Gasteiger partial charge < -0.3 is 14.5 Å². The lowest BCUT2D eigenvalue weighted by Crippen LogP contribution is -2.14. The molecule has 0 radical (unpaired) electrons. The average molecular weight is 357 g/mol. The molecular formula is C15H15BrClNO2. The molecular weight excluding hydrogens is 342 g/mol. The van der Waals surface area contributed by atoms with Gasteiger partial charge in [0.2, 0.25) is 0 Å². The Morgan fingerprint density at radius 2 is 2.30 bits per heavy atom. The van der Waals surface area contributed by atoms with Crippen LogP contribution in [0.4, 0.5) is 0 Å². The summed E-state index contributed by atoms with van der Waals surface area (Å²) < 4.78 is 12.7. The van der Waals surface area contributed by atoms with E-state index in [2.05, 4.69) is 27.3 Å². The number of hydrogen-bond donors (Lipinski definition) is 1. The van der Waals surface area contributed by atoms with Gasteiger partial charge in [-0.2, -0.15) is 0 Å². The van der Waals surface area contributed by atoms with Crippen molar-refractivity contribution in [1.82, 2.24) is 5.32 Å². The molecule has 2 aromatic rings. The van der Waals surface area contributed by atoms with Crippen molar-refractivity contribution in [1.29, 1.82) is 0 Å². The standard InChI is InChI=1S/C15H15BrClNO2/c1-9-7-10-12(5-6-18-8-14(10)19-9)20-13-4-2-3-11(16)15(13)17/h2-4,7,12,18H,5-6,8H2,1H3.